The van der Waals surface area contributed by atoms with Crippen LogP contribution in [0.5, 0.6) is 0 Å². The highest BCUT2D eigenvalue weighted by Gasteiger charge is 2.24. The largest absolute Gasteiger partial charge is 0.384 e. The van der Waals surface area contributed by atoms with E-state index in [1.807, 2.05) is 4.90 Å². The molecule has 0 bridgehead atoms. The van der Waals surface area contributed by atoms with Crippen LogP contribution in [0.15, 0.2) is 24.4 Å². The summed E-state index contributed by atoms with van der Waals surface area (Å²) in [5.41, 5.74) is 1.09. The first-order chi connectivity index (χ1) is 10.7. The van der Waals surface area contributed by atoms with E-state index in [9.17, 15) is 9.18 Å². The van der Waals surface area contributed by atoms with Crippen LogP contribution in [0.25, 0.3) is 10.9 Å². The average Bonchev–Trinajstić information content (AvgIpc) is 2.82. The monoisotopic (exact) mass is 304 g/mol. The van der Waals surface area contributed by atoms with Gasteiger partial charge in [0.1, 0.15) is 5.82 Å². The third-order valence-electron chi connectivity index (χ3n) is 4.42. The maximum atomic E-state index is 14.0. The number of amides is 1. The molecule has 1 amide bonds. The van der Waals surface area contributed by atoms with Crippen LogP contribution in [0.1, 0.15) is 29.6 Å². The van der Waals surface area contributed by atoms with Gasteiger partial charge in [-0.2, -0.15) is 0 Å². The zero-order valence-corrected chi connectivity index (χ0v) is 12.8. The number of hydrogen-bond acceptors (Lipinski definition) is 2. The quantitative estimate of drug-likeness (QED) is 0.946. The fraction of sp³-hybridized carbons (Fsp3) is 0.471. The van der Waals surface area contributed by atoms with Crippen molar-refractivity contribution in [1.82, 2.24) is 9.88 Å². The molecule has 0 radical (unpaired) electrons. The van der Waals surface area contributed by atoms with Gasteiger partial charge in [0.15, 0.2) is 0 Å². The number of H-pyrrole nitrogens is 1. The number of hydrogen-bond donors (Lipinski definition) is 1. The molecule has 1 aromatic heterocycles. The summed E-state index contributed by atoms with van der Waals surface area (Å²) in [4.78, 5) is 17.6. The van der Waals surface area contributed by atoms with Crippen LogP contribution in [0.3, 0.4) is 0 Å². The molecular formula is C17H21FN2O2. The normalized spacial score (nSPS) is 19.4. The molecule has 1 aliphatic heterocycles. The molecular weight excluding hydrogens is 283 g/mol. The minimum atomic E-state index is -0.353. The van der Waals surface area contributed by atoms with Crippen LogP contribution in [0, 0.1) is 11.7 Å². The van der Waals surface area contributed by atoms with Crippen molar-refractivity contribution in [3.63, 3.8) is 0 Å². The minimum absolute atomic E-state index is 0.0885. The summed E-state index contributed by atoms with van der Waals surface area (Å²) in [6.45, 7) is 2.16. The first kappa shape index (κ1) is 15.0. The fourth-order valence-corrected chi connectivity index (χ4v) is 3.25. The molecule has 22 heavy (non-hydrogen) atoms. The van der Waals surface area contributed by atoms with E-state index in [0.717, 1.165) is 32.4 Å². The Morgan fingerprint density at radius 2 is 2.27 bits per heavy atom. The van der Waals surface area contributed by atoms with E-state index >= 15 is 0 Å². The summed E-state index contributed by atoms with van der Waals surface area (Å²) in [6.07, 6.45) is 4.59. The molecule has 4 nitrogen and oxygen atoms in total. The minimum Gasteiger partial charge on any atom is -0.384 e. The van der Waals surface area contributed by atoms with Crippen LogP contribution in [0.2, 0.25) is 0 Å². The third kappa shape index (κ3) is 2.86. The van der Waals surface area contributed by atoms with Crippen LogP contribution < -0.4 is 0 Å². The number of methoxy groups -OCH3 is 1. The number of aromatic nitrogens is 1. The molecule has 1 atom stereocenters. The van der Waals surface area contributed by atoms with Gasteiger partial charge in [-0.15, -0.1) is 0 Å². The number of halogens is 1. The molecule has 1 N–H and O–H groups in total. The molecule has 5 heteroatoms. The van der Waals surface area contributed by atoms with Crippen molar-refractivity contribution in [2.24, 2.45) is 5.92 Å². The lowest BCUT2D eigenvalue weighted by Crippen LogP contribution is -2.32. The number of rotatable bonds is 3. The Morgan fingerprint density at radius 1 is 1.41 bits per heavy atom. The van der Waals surface area contributed by atoms with Crippen LogP contribution in [-0.4, -0.2) is 42.6 Å². The van der Waals surface area contributed by atoms with Crippen molar-refractivity contribution < 1.29 is 13.9 Å². The Labute approximate surface area is 129 Å². The Kier molecular flexibility index (Phi) is 4.43. The molecule has 2 aromatic rings. The molecule has 0 aliphatic carbocycles. The number of aromatic amines is 1. The molecule has 0 saturated carbocycles. The Morgan fingerprint density at radius 3 is 3.09 bits per heavy atom. The summed E-state index contributed by atoms with van der Waals surface area (Å²) >= 11 is 0. The number of nitrogens with zero attached hydrogens (tertiary/aromatic N) is 1. The lowest BCUT2D eigenvalue weighted by molar-refractivity contribution is 0.0757. The van der Waals surface area contributed by atoms with E-state index in [2.05, 4.69) is 4.98 Å². The molecule has 118 valence electrons. The first-order valence-electron chi connectivity index (χ1n) is 7.74. The second kappa shape index (κ2) is 6.48. The highest BCUT2D eigenvalue weighted by atomic mass is 19.1. The van der Waals surface area contributed by atoms with E-state index in [4.69, 9.17) is 4.74 Å². The smallest absolute Gasteiger partial charge is 0.256 e. The molecule has 3 rings (SSSR count). The summed E-state index contributed by atoms with van der Waals surface area (Å²) in [5, 5.41) is 0.394. The molecule has 0 spiro atoms. The predicted molar refractivity (Wildman–Crippen MR) is 83.4 cm³/mol. The van der Waals surface area contributed by atoms with Crippen LogP contribution in [-0.2, 0) is 4.74 Å². The maximum Gasteiger partial charge on any atom is 0.256 e. The SMILES string of the molecule is COCC1CCCN(C(=O)c2c[nH]c3cccc(F)c23)CC1. The van der Waals surface area contributed by atoms with Gasteiger partial charge in [0.05, 0.1) is 5.56 Å². The standard InChI is InChI=1S/C17H21FN2O2/c1-22-11-12-4-3-8-20(9-7-12)17(21)13-10-19-15-6-2-5-14(18)16(13)15/h2,5-6,10,12,19H,3-4,7-9,11H2,1H3. The van der Waals surface area contributed by atoms with Crippen molar-refractivity contribution >= 4 is 16.8 Å². The van der Waals surface area contributed by atoms with Gasteiger partial charge in [0.2, 0.25) is 0 Å². The molecule has 1 unspecified atom stereocenters. The lowest BCUT2D eigenvalue weighted by Gasteiger charge is -2.20. The van der Waals surface area contributed by atoms with E-state index in [-0.39, 0.29) is 11.7 Å². The van der Waals surface area contributed by atoms with Gasteiger partial charge in [-0.25, -0.2) is 4.39 Å². The highest BCUT2D eigenvalue weighted by molar-refractivity contribution is 6.06. The van der Waals surface area contributed by atoms with E-state index < -0.39 is 0 Å². The van der Waals surface area contributed by atoms with Crippen molar-refractivity contribution in [1.29, 1.82) is 0 Å². The summed E-state index contributed by atoms with van der Waals surface area (Å²) in [7, 11) is 1.71. The number of benzene rings is 1. The Hall–Kier alpha value is -1.88. The summed E-state index contributed by atoms with van der Waals surface area (Å²) in [5.74, 6) is 0.0612. The van der Waals surface area contributed by atoms with Gasteiger partial charge in [0, 0.05) is 43.9 Å². The van der Waals surface area contributed by atoms with Crippen LogP contribution in [0.4, 0.5) is 4.39 Å². The first-order valence-corrected chi connectivity index (χ1v) is 7.74. The van der Waals surface area contributed by atoms with Crippen LogP contribution >= 0.6 is 0 Å². The van der Waals surface area contributed by atoms with E-state index in [1.165, 1.54) is 6.07 Å². The molecule has 1 aliphatic rings. The van der Waals surface area contributed by atoms with Crippen molar-refractivity contribution in [2.45, 2.75) is 19.3 Å². The summed E-state index contributed by atoms with van der Waals surface area (Å²) in [6, 6.07) is 4.82. The second-order valence-corrected chi connectivity index (χ2v) is 5.91. The average molecular weight is 304 g/mol. The zero-order chi connectivity index (χ0) is 15.5. The van der Waals surface area contributed by atoms with Gasteiger partial charge >= 0.3 is 0 Å². The van der Waals surface area contributed by atoms with Gasteiger partial charge in [0.25, 0.3) is 5.91 Å². The summed E-state index contributed by atoms with van der Waals surface area (Å²) < 4.78 is 19.3. The highest BCUT2D eigenvalue weighted by Crippen LogP contribution is 2.25. The Balaban J connectivity index is 1.81. The predicted octanol–water partition coefficient (Wildman–Crippen LogP) is 3.20. The van der Waals surface area contributed by atoms with Crippen molar-refractivity contribution in [3.8, 4) is 0 Å². The topological polar surface area (TPSA) is 45.3 Å². The van der Waals surface area contributed by atoms with E-state index in [0.29, 0.717) is 28.9 Å². The molecule has 1 saturated heterocycles. The number of carbonyl (C=O) groups is 1. The number of carbonyl (C=O) groups excluding carboxylic acids is 1. The van der Waals surface area contributed by atoms with Gasteiger partial charge in [-0.05, 0) is 37.3 Å². The van der Waals surface area contributed by atoms with Gasteiger partial charge in [-0.1, -0.05) is 6.07 Å². The number of ether oxygens (including phenoxy) is 1. The van der Waals surface area contributed by atoms with Crippen molar-refractivity contribution in [2.75, 3.05) is 26.8 Å². The maximum absolute atomic E-state index is 14.0. The molecule has 2 heterocycles. The Bertz CT molecular complexity index is 668. The fourth-order valence-electron chi connectivity index (χ4n) is 3.25. The number of fused-ring (bicyclic) bond motifs is 1. The lowest BCUT2D eigenvalue weighted by atomic mass is 10.0. The molecule has 1 fully saturated rings. The third-order valence-corrected chi connectivity index (χ3v) is 4.42. The van der Waals surface area contributed by atoms with E-state index in [1.54, 1.807) is 25.4 Å². The zero-order valence-electron chi connectivity index (χ0n) is 12.8. The van der Waals surface area contributed by atoms with Gasteiger partial charge < -0.3 is 14.6 Å². The number of nitrogens with one attached hydrogen (secondary N) is 1. The van der Waals surface area contributed by atoms with Gasteiger partial charge in [-0.3, -0.25) is 4.79 Å². The van der Waals surface area contributed by atoms with Crippen molar-refractivity contribution in [3.05, 3.63) is 35.8 Å². The second-order valence-electron chi connectivity index (χ2n) is 5.91. The number of likely N-dealkylation sites (tertiary alicyclic amines) is 1. The molecule has 1 aromatic carbocycles.